The lowest BCUT2D eigenvalue weighted by Crippen LogP contribution is -2.31. The molecule has 1 amide bonds. The molecule has 0 aliphatic carbocycles. The summed E-state index contributed by atoms with van der Waals surface area (Å²) in [5, 5.41) is 3.89. The molecule has 1 unspecified atom stereocenters. The van der Waals surface area contributed by atoms with Crippen molar-refractivity contribution in [2.24, 2.45) is 5.41 Å². The molecule has 0 spiro atoms. The first-order valence-electron chi connectivity index (χ1n) is 7.36. The number of carbonyl (C=O) groups excluding carboxylic acids is 1. The molecule has 2 nitrogen and oxygen atoms in total. The van der Waals surface area contributed by atoms with Gasteiger partial charge in [-0.2, -0.15) is 0 Å². The zero-order valence-electron chi connectivity index (χ0n) is 13.0. The number of unbranched alkanes of at least 4 members (excludes halogenated alkanes) is 1. The minimum Gasteiger partial charge on any atom is -0.349 e. The number of rotatable bonds is 6. The van der Waals surface area contributed by atoms with Crippen LogP contribution in [0.5, 0.6) is 0 Å². The van der Waals surface area contributed by atoms with Crippen molar-refractivity contribution in [2.45, 2.75) is 59.4 Å². The number of halogens is 1. The van der Waals surface area contributed by atoms with E-state index in [1.807, 2.05) is 24.3 Å². The average Bonchev–Trinajstić information content (AvgIpc) is 2.33. The quantitative estimate of drug-likeness (QED) is 0.775. The van der Waals surface area contributed by atoms with E-state index >= 15 is 0 Å². The Morgan fingerprint density at radius 1 is 1.25 bits per heavy atom. The smallest absolute Gasteiger partial charge is 0.221 e. The van der Waals surface area contributed by atoms with Crippen molar-refractivity contribution in [1.82, 2.24) is 5.32 Å². The summed E-state index contributed by atoms with van der Waals surface area (Å²) in [5.74, 6) is 0.119. The molecule has 0 fully saturated rings. The van der Waals surface area contributed by atoms with Crippen LogP contribution in [0.2, 0.25) is 5.02 Å². The highest BCUT2D eigenvalue weighted by molar-refractivity contribution is 6.30. The first kappa shape index (κ1) is 17.0. The third-order valence-corrected chi connectivity index (χ3v) is 3.40. The Kier molecular flexibility index (Phi) is 6.54. The molecule has 0 bridgehead atoms. The van der Waals surface area contributed by atoms with Gasteiger partial charge < -0.3 is 5.32 Å². The van der Waals surface area contributed by atoms with Crippen molar-refractivity contribution in [3.05, 3.63) is 34.9 Å². The third-order valence-electron chi connectivity index (χ3n) is 3.14. The minimum atomic E-state index is 0.0133. The van der Waals surface area contributed by atoms with Crippen LogP contribution >= 0.6 is 11.6 Å². The first-order chi connectivity index (χ1) is 9.31. The van der Waals surface area contributed by atoms with Crippen molar-refractivity contribution in [3.8, 4) is 0 Å². The molecule has 1 aromatic rings. The minimum absolute atomic E-state index is 0.0133. The second-order valence-electron chi connectivity index (χ2n) is 6.55. The summed E-state index contributed by atoms with van der Waals surface area (Å²) in [4.78, 5) is 12.1. The van der Waals surface area contributed by atoms with Gasteiger partial charge >= 0.3 is 0 Å². The Morgan fingerprint density at radius 3 is 2.35 bits per heavy atom. The van der Waals surface area contributed by atoms with Gasteiger partial charge in [-0.15, -0.1) is 0 Å². The van der Waals surface area contributed by atoms with Gasteiger partial charge in [-0.1, -0.05) is 64.3 Å². The monoisotopic (exact) mass is 295 g/mol. The largest absolute Gasteiger partial charge is 0.349 e. The van der Waals surface area contributed by atoms with Gasteiger partial charge in [0.15, 0.2) is 0 Å². The number of nitrogens with one attached hydrogen (secondary N) is 1. The van der Waals surface area contributed by atoms with Crippen molar-refractivity contribution >= 4 is 17.5 Å². The maximum atomic E-state index is 12.1. The lowest BCUT2D eigenvalue weighted by molar-refractivity contribution is -0.123. The van der Waals surface area contributed by atoms with E-state index in [1.54, 1.807) is 0 Å². The van der Waals surface area contributed by atoms with Gasteiger partial charge in [0.2, 0.25) is 5.91 Å². The Labute approximate surface area is 127 Å². The van der Waals surface area contributed by atoms with E-state index in [9.17, 15) is 4.79 Å². The molecule has 0 heterocycles. The van der Waals surface area contributed by atoms with E-state index in [4.69, 9.17) is 11.6 Å². The molecule has 20 heavy (non-hydrogen) atoms. The van der Waals surface area contributed by atoms with Gasteiger partial charge in [0.25, 0.3) is 0 Å². The summed E-state index contributed by atoms with van der Waals surface area (Å²) in [6, 6.07) is 7.85. The fourth-order valence-electron chi connectivity index (χ4n) is 2.15. The van der Waals surface area contributed by atoms with Crippen LogP contribution in [0.3, 0.4) is 0 Å². The molecule has 0 saturated heterocycles. The summed E-state index contributed by atoms with van der Waals surface area (Å²) < 4.78 is 0. The van der Waals surface area contributed by atoms with E-state index in [-0.39, 0.29) is 17.4 Å². The molecule has 0 aromatic heterocycles. The first-order valence-corrected chi connectivity index (χ1v) is 7.74. The van der Waals surface area contributed by atoms with Crippen LogP contribution in [0, 0.1) is 5.41 Å². The zero-order chi connectivity index (χ0) is 15.2. The molecule has 1 N–H and O–H groups in total. The number of hydrogen-bond donors (Lipinski definition) is 1. The van der Waals surface area contributed by atoms with E-state index in [0.29, 0.717) is 6.42 Å². The van der Waals surface area contributed by atoms with Crippen LogP contribution < -0.4 is 5.32 Å². The maximum Gasteiger partial charge on any atom is 0.221 e. The fraction of sp³-hybridized carbons (Fsp3) is 0.588. The predicted octanol–water partition coefficient (Wildman–Crippen LogP) is 5.12. The van der Waals surface area contributed by atoms with E-state index in [0.717, 1.165) is 29.8 Å². The maximum absolute atomic E-state index is 12.1. The number of carbonyl (C=O) groups is 1. The molecule has 0 aliphatic rings. The van der Waals surface area contributed by atoms with Crippen molar-refractivity contribution in [3.63, 3.8) is 0 Å². The van der Waals surface area contributed by atoms with Gasteiger partial charge in [0, 0.05) is 11.4 Å². The molecule has 0 aliphatic heterocycles. The summed E-state index contributed by atoms with van der Waals surface area (Å²) in [5.41, 5.74) is 1.14. The topological polar surface area (TPSA) is 29.1 Å². The normalized spacial score (nSPS) is 13.1. The van der Waals surface area contributed by atoms with Crippen LogP contribution in [-0.4, -0.2) is 5.91 Å². The summed E-state index contributed by atoms with van der Waals surface area (Å²) in [6.07, 6.45) is 3.74. The van der Waals surface area contributed by atoms with E-state index in [1.165, 1.54) is 0 Å². The van der Waals surface area contributed by atoms with Crippen LogP contribution in [0.4, 0.5) is 0 Å². The highest BCUT2D eigenvalue weighted by Crippen LogP contribution is 2.23. The zero-order valence-corrected chi connectivity index (χ0v) is 13.8. The van der Waals surface area contributed by atoms with Crippen molar-refractivity contribution in [1.29, 1.82) is 0 Å². The van der Waals surface area contributed by atoms with Gasteiger partial charge in [-0.25, -0.2) is 0 Å². The van der Waals surface area contributed by atoms with E-state index < -0.39 is 0 Å². The molecular formula is C17H26ClNO. The Hall–Kier alpha value is -1.02. The van der Waals surface area contributed by atoms with Crippen LogP contribution in [-0.2, 0) is 4.79 Å². The highest BCUT2D eigenvalue weighted by atomic mass is 35.5. The van der Waals surface area contributed by atoms with Gasteiger partial charge in [-0.05, 0) is 29.5 Å². The number of hydrogen-bond acceptors (Lipinski definition) is 1. The second kappa shape index (κ2) is 7.68. The SMILES string of the molecule is CCCCC(NC(=O)CC(C)(C)C)c1ccc(Cl)cc1. The molecule has 1 atom stereocenters. The van der Waals surface area contributed by atoms with Crippen molar-refractivity contribution < 1.29 is 4.79 Å². The summed E-state index contributed by atoms with van der Waals surface area (Å²) in [6.45, 7) is 8.40. The fourth-order valence-corrected chi connectivity index (χ4v) is 2.28. The lowest BCUT2D eigenvalue weighted by Gasteiger charge is -2.23. The summed E-state index contributed by atoms with van der Waals surface area (Å²) >= 11 is 5.93. The molecule has 1 aromatic carbocycles. The Morgan fingerprint density at radius 2 is 1.85 bits per heavy atom. The molecule has 1 rings (SSSR count). The standard InChI is InChI=1S/C17H26ClNO/c1-5-6-7-15(13-8-10-14(18)11-9-13)19-16(20)12-17(2,3)4/h8-11,15H,5-7,12H2,1-4H3,(H,19,20). The van der Waals surface area contributed by atoms with Gasteiger partial charge in [0.05, 0.1) is 6.04 Å². The van der Waals surface area contributed by atoms with Gasteiger partial charge in [-0.3, -0.25) is 4.79 Å². The van der Waals surface area contributed by atoms with E-state index in [2.05, 4.69) is 33.0 Å². The molecular weight excluding hydrogens is 270 g/mol. The molecule has 3 heteroatoms. The number of benzene rings is 1. The van der Waals surface area contributed by atoms with Gasteiger partial charge in [0.1, 0.15) is 0 Å². The highest BCUT2D eigenvalue weighted by Gasteiger charge is 2.19. The number of amides is 1. The predicted molar refractivity (Wildman–Crippen MR) is 85.9 cm³/mol. The third kappa shape index (κ3) is 6.42. The van der Waals surface area contributed by atoms with Crippen LogP contribution in [0.15, 0.2) is 24.3 Å². The lowest BCUT2D eigenvalue weighted by atomic mass is 9.91. The average molecular weight is 296 g/mol. The second-order valence-corrected chi connectivity index (χ2v) is 6.99. The van der Waals surface area contributed by atoms with Crippen LogP contribution in [0.1, 0.15) is 65.0 Å². The molecule has 112 valence electrons. The molecule has 0 saturated carbocycles. The Bertz CT molecular complexity index is 420. The summed E-state index contributed by atoms with van der Waals surface area (Å²) in [7, 11) is 0. The Balaban J connectivity index is 2.74. The van der Waals surface area contributed by atoms with Crippen LogP contribution in [0.25, 0.3) is 0 Å². The van der Waals surface area contributed by atoms with Crippen molar-refractivity contribution in [2.75, 3.05) is 0 Å². The molecule has 0 radical (unpaired) electrons.